The lowest BCUT2D eigenvalue weighted by Gasteiger charge is -2.42. The maximum atomic E-state index is 12.5. The summed E-state index contributed by atoms with van der Waals surface area (Å²) in [6.07, 6.45) is 6.44. The molecule has 1 N–H and O–H groups in total. The summed E-state index contributed by atoms with van der Waals surface area (Å²) < 4.78 is 31.5. The summed E-state index contributed by atoms with van der Waals surface area (Å²) >= 11 is 0. The van der Waals surface area contributed by atoms with E-state index in [2.05, 4.69) is 0 Å². The fourth-order valence-corrected chi connectivity index (χ4v) is 5.29. The van der Waals surface area contributed by atoms with Crippen molar-refractivity contribution in [3.05, 3.63) is 0 Å². The molecule has 0 aromatic carbocycles. The molecule has 20 heavy (non-hydrogen) atoms. The zero-order valence-electron chi connectivity index (χ0n) is 12.3. The molecule has 1 saturated carbocycles. The third-order valence-electron chi connectivity index (χ3n) is 4.68. The lowest BCUT2D eigenvalue weighted by molar-refractivity contribution is 0.0202. The standard InChI is InChI=1S/C14H27NO4S/c1-19-10-11-20(17,18)15-9-5-4-7-13(15)12-6-2-3-8-14(12)16/h12-14,16H,2-11H2,1H3. The second kappa shape index (κ2) is 7.20. The first-order chi connectivity index (χ1) is 9.56. The minimum atomic E-state index is -3.27. The van der Waals surface area contributed by atoms with E-state index >= 15 is 0 Å². The molecule has 0 spiro atoms. The molecule has 6 heteroatoms. The Morgan fingerprint density at radius 1 is 1.15 bits per heavy atom. The zero-order valence-corrected chi connectivity index (χ0v) is 13.1. The van der Waals surface area contributed by atoms with Gasteiger partial charge in [0.1, 0.15) is 0 Å². The quantitative estimate of drug-likeness (QED) is 0.833. The van der Waals surface area contributed by atoms with Crippen LogP contribution in [0.3, 0.4) is 0 Å². The minimum Gasteiger partial charge on any atom is -0.393 e. The number of rotatable bonds is 5. The molecule has 2 rings (SSSR count). The smallest absolute Gasteiger partial charge is 0.216 e. The molecule has 0 bridgehead atoms. The van der Waals surface area contributed by atoms with Gasteiger partial charge in [-0.1, -0.05) is 19.3 Å². The highest BCUT2D eigenvalue weighted by molar-refractivity contribution is 7.89. The Hall–Kier alpha value is -0.170. The number of hydrogen-bond donors (Lipinski definition) is 1. The van der Waals surface area contributed by atoms with Crippen LogP contribution < -0.4 is 0 Å². The molecule has 5 nitrogen and oxygen atoms in total. The fourth-order valence-electron chi connectivity index (χ4n) is 3.60. The van der Waals surface area contributed by atoms with E-state index < -0.39 is 10.0 Å². The summed E-state index contributed by atoms with van der Waals surface area (Å²) in [6.45, 7) is 0.832. The summed E-state index contributed by atoms with van der Waals surface area (Å²) in [6, 6.07) is -0.0130. The van der Waals surface area contributed by atoms with Gasteiger partial charge in [0.15, 0.2) is 0 Å². The molecular formula is C14H27NO4S. The van der Waals surface area contributed by atoms with E-state index in [4.69, 9.17) is 4.74 Å². The Morgan fingerprint density at radius 2 is 1.85 bits per heavy atom. The summed E-state index contributed by atoms with van der Waals surface area (Å²) in [5.41, 5.74) is 0. The van der Waals surface area contributed by atoms with Crippen LogP contribution in [-0.4, -0.2) is 56.0 Å². The zero-order chi connectivity index (χ0) is 14.6. The van der Waals surface area contributed by atoms with Gasteiger partial charge in [0.25, 0.3) is 0 Å². The topological polar surface area (TPSA) is 66.8 Å². The van der Waals surface area contributed by atoms with Crippen molar-refractivity contribution >= 4 is 10.0 Å². The first-order valence-electron chi connectivity index (χ1n) is 7.73. The monoisotopic (exact) mass is 305 g/mol. The summed E-state index contributed by atoms with van der Waals surface area (Å²) in [5, 5.41) is 10.2. The lowest BCUT2D eigenvalue weighted by atomic mass is 9.79. The summed E-state index contributed by atoms with van der Waals surface area (Å²) in [5.74, 6) is 0.157. The van der Waals surface area contributed by atoms with E-state index in [1.54, 1.807) is 4.31 Å². The third kappa shape index (κ3) is 3.72. The normalized spacial score (nSPS) is 33.2. The van der Waals surface area contributed by atoms with E-state index in [0.717, 1.165) is 44.9 Å². The van der Waals surface area contributed by atoms with Crippen molar-refractivity contribution in [3.8, 4) is 0 Å². The van der Waals surface area contributed by atoms with E-state index in [0.29, 0.717) is 6.54 Å². The second-order valence-electron chi connectivity index (χ2n) is 6.00. The first kappa shape index (κ1) is 16.2. The average Bonchev–Trinajstić information content (AvgIpc) is 2.46. The Balaban J connectivity index is 2.12. The predicted molar refractivity (Wildman–Crippen MR) is 78.0 cm³/mol. The lowest BCUT2D eigenvalue weighted by Crippen LogP contribution is -2.51. The predicted octanol–water partition coefficient (Wildman–Crippen LogP) is 1.37. The third-order valence-corrected chi connectivity index (χ3v) is 6.53. The largest absolute Gasteiger partial charge is 0.393 e. The van der Waals surface area contributed by atoms with Crippen molar-refractivity contribution in [2.75, 3.05) is 26.0 Å². The fraction of sp³-hybridized carbons (Fsp3) is 1.00. The molecule has 2 aliphatic rings. The van der Waals surface area contributed by atoms with E-state index in [1.807, 2.05) is 0 Å². The van der Waals surface area contributed by atoms with Gasteiger partial charge in [-0.25, -0.2) is 8.42 Å². The molecule has 1 heterocycles. The van der Waals surface area contributed by atoms with Crippen molar-refractivity contribution in [3.63, 3.8) is 0 Å². The summed E-state index contributed by atoms with van der Waals surface area (Å²) in [7, 11) is -1.75. The Kier molecular flexibility index (Phi) is 5.84. The van der Waals surface area contributed by atoms with Crippen molar-refractivity contribution in [2.24, 2.45) is 5.92 Å². The number of hydrogen-bond acceptors (Lipinski definition) is 4. The molecule has 1 saturated heterocycles. The maximum absolute atomic E-state index is 12.5. The second-order valence-corrected chi connectivity index (χ2v) is 8.04. The van der Waals surface area contributed by atoms with Crippen LogP contribution in [0.1, 0.15) is 44.9 Å². The van der Waals surface area contributed by atoms with Crippen molar-refractivity contribution in [1.29, 1.82) is 0 Å². The SMILES string of the molecule is COCCS(=O)(=O)N1CCCCC1C1CCCCC1O. The van der Waals surface area contributed by atoms with Crippen LogP contribution in [0.25, 0.3) is 0 Å². The Labute approximate surface area is 122 Å². The number of aliphatic hydroxyl groups is 1. The molecule has 118 valence electrons. The van der Waals surface area contributed by atoms with Crippen LogP contribution in [0.4, 0.5) is 0 Å². The van der Waals surface area contributed by atoms with Crippen molar-refractivity contribution < 1.29 is 18.3 Å². The van der Waals surface area contributed by atoms with Crippen LogP contribution in [0.5, 0.6) is 0 Å². The average molecular weight is 305 g/mol. The number of piperidine rings is 1. The Morgan fingerprint density at radius 3 is 2.55 bits per heavy atom. The van der Waals surface area contributed by atoms with Crippen LogP contribution in [0, 0.1) is 5.92 Å². The molecule has 0 aromatic heterocycles. The minimum absolute atomic E-state index is 0.0130. The highest BCUT2D eigenvalue weighted by atomic mass is 32.2. The van der Waals surface area contributed by atoms with Crippen molar-refractivity contribution in [1.82, 2.24) is 4.31 Å². The molecule has 0 radical (unpaired) electrons. The molecule has 0 amide bonds. The molecule has 1 aliphatic heterocycles. The number of methoxy groups -OCH3 is 1. The molecular weight excluding hydrogens is 278 g/mol. The van der Waals surface area contributed by atoms with Gasteiger partial charge in [0.05, 0.1) is 18.5 Å². The van der Waals surface area contributed by atoms with E-state index in [9.17, 15) is 13.5 Å². The number of ether oxygens (including phenoxy) is 1. The van der Waals surface area contributed by atoms with Crippen molar-refractivity contribution in [2.45, 2.75) is 57.1 Å². The Bertz CT molecular complexity index is 398. The summed E-state index contributed by atoms with van der Waals surface area (Å²) in [4.78, 5) is 0. The van der Waals surface area contributed by atoms with Gasteiger partial charge in [-0.2, -0.15) is 4.31 Å². The van der Waals surface area contributed by atoms with Gasteiger partial charge < -0.3 is 9.84 Å². The van der Waals surface area contributed by atoms with Crippen LogP contribution in [0.15, 0.2) is 0 Å². The molecule has 0 aromatic rings. The number of aliphatic hydroxyl groups excluding tert-OH is 1. The highest BCUT2D eigenvalue weighted by Crippen LogP contribution is 2.35. The number of sulfonamides is 1. The van der Waals surface area contributed by atoms with Gasteiger partial charge in [0, 0.05) is 25.6 Å². The van der Waals surface area contributed by atoms with Gasteiger partial charge in [0.2, 0.25) is 10.0 Å². The molecule has 1 aliphatic carbocycles. The van der Waals surface area contributed by atoms with Gasteiger partial charge in [-0.05, 0) is 25.7 Å². The van der Waals surface area contributed by atoms with Crippen LogP contribution >= 0.6 is 0 Å². The van der Waals surface area contributed by atoms with E-state index in [-0.39, 0.29) is 30.4 Å². The van der Waals surface area contributed by atoms with Gasteiger partial charge in [-0.3, -0.25) is 0 Å². The molecule has 3 unspecified atom stereocenters. The van der Waals surface area contributed by atoms with Crippen LogP contribution in [0.2, 0.25) is 0 Å². The maximum Gasteiger partial charge on any atom is 0.216 e. The van der Waals surface area contributed by atoms with Gasteiger partial charge >= 0.3 is 0 Å². The van der Waals surface area contributed by atoms with Crippen LogP contribution in [-0.2, 0) is 14.8 Å². The number of nitrogens with zero attached hydrogens (tertiary/aromatic N) is 1. The van der Waals surface area contributed by atoms with E-state index in [1.165, 1.54) is 7.11 Å². The molecule has 2 fully saturated rings. The first-order valence-corrected chi connectivity index (χ1v) is 9.33. The molecule has 3 atom stereocenters. The van der Waals surface area contributed by atoms with Gasteiger partial charge in [-0.15, -0.1) is 0 Å². The highest BCUT2D eigenvalue weighted by Gasteiger charge is 2.40.